The monoisotopic (exact) mass is 290 g/mol. The lowest BCUT2D eigenvalue weighted by Crippen LogP contribution is -2.09. The van der Waals surface area contributed by atoms with E-state index in [9.17, 15) is 4.79 Å². The highest BCUT2D eigenvalue weighted by molar-refractivity contribution is 6.30. The second-order valence-corrected chi connectivity index (χ2v) is 4.88. The number of carbonyl (C=O) groups excluding carboxylic acids is 1. The minimum Gasteiger partial charge on any atom is -0.469 e. The van der Waals surface area contributed by atoms with Crippen molar-refractivity contribution in [2.75, 3.05) is 7.11 Å². The van der Waals surface area contributed by atoms with Crippen LogP contribution in [0.4, 0.5) is 0 Å². The van der Waals surface area contributed by atoms with Crippen molar-refractivity contribution in [3.8, 4) is 11.4 Å². The number of methoxy groups -OCH3 is 1. The third kappa shape index (κ3) is 3.14. The van der Waals surface area contributed by atoms with Crippen molar-refractivity contribution in [1.82, 2.24) is 9.97 Å². The number of esters is 1. The molecule has 0 N–H and O–H groups in total. The molecule has 0 saturated carbocycles. The normalized spacial score (nSPS) is 10.4. The quantitative estimate of drug-likeness (QED) is 0.644. The zero-order valence-electron chi connectivity index (χ0n) is 11.6. The van der Waals surface area contributed by atoms with E-state index in [1.165, 1.54) is 7.11 Å². The van der Waals surface area contributed by atoms with E-state index >= 15 is 0 Å². The van der Waals surface area contributed by atoms with Gasteiger partial charge in [0.1, 0.15) is 5.15 Å². The summed E-state index contributed by atoms with van der Waals surface area (Å²) in [6, 6.07) is 7.87. The Kier molecular flexibility index (Phi) is 4.35. The van der Waals surface area contributed by atoms with Crippen LogP contribution >= 0.6 is 11.6 Å². The van der Waals surface area contributed by atoms with E-state index in [2.05, 4.69) is 14.7 Å². The second-order valence-electron chi connectivity index (χ2n) is 4.52. The van der Waals surface area contributed by atoms with Crippen LogP contribution in [0.2, 0.25) is 5.15 Å². The predicted molar refractivity (Wildman–Crippen MR) is 77.7 cm³/mol. The fraction of sp³-hybridized carbons (Fsp3) is 0.267. The maximum atomic E-state index is 11.3. The van der Waals surface area contributed by atoms with E-state index in [0.29, 0.717) is 22.2 Å². The SMILES string of the molecule is COC(=O)Cc1c(C)nc(-c2cccc(C)c2)nc1Cl. The Morgan fingerprint density at radius 2 is 2.05 bits per heavy atom. The first kappa shape index (κ1) is 14.5. The van der Waals surface area contributed by atoms with Crippen molar-refractivity contribution >= 4 is 17.6 Å². The van der Waals surface area contributed by atoms with E-state index in [1.54, 1.807) is 0 Å². The van der Waals surface area contributed by atoms with Crippen molar-refractivity contribution in [2.45, 2.75) is 20.3 Å². The zero-order valence-corrected chi connectivity index (χ0v) is 12.4. The second kappa shape index (κ2) is 6.01. The van der Waals surface area contributed by atoms with Gasteiger partial charge in [0.25, 0.3) is 0 Å². The number of hydrogen-bond acceptors (Lipinski definition) is 4. The minimum absolute atomic E-state index is 0.0786. The Morgan fingerprint density at radius 3 is 2.65 bits per heavy atom. The van der Waals surface area contributed by atoms with Crippen LogP contribution in [0, 0.1) is 13.8 Å². The van der Waals surface area contributed by atoms with Crippen molar-refractivity contribution in [2.24, 2.45) is 0 Å². The van der Waals surface area contributed by atoms with E-state index in [-0.39, 0.29) is 12.4 Å². The van der Waals surface area contributed by atoms with Crippen LogP contribution in [0.15, 0.2) is 24.3 Å². The molecule has 0 aliphatic rings. The summed E-state index contributed by atoms with van der Waals surface area (Å²) in [6.45, 7) is 3.81. The molecule has 0 spiro atoms. The molecule has 0 radical (unpaired) electrons. The maximum Gasteiger partial charge on any atom is 0.310 e. The van der Waals surface area contributed by atoms with E-state index in [0.717, 1.165) is 11.1 Å². The average Bonchev–Trinajstić information content (AvgIpc) is 2.42. The molecule has 2 aromatic rings. The van der Waals surface area contributed by atoms with Gasteiger partial charge >= 0.3 is 5.97 Å². The van der Waals surface area contributed by atoms with Gasteiger partial charge in [0.2, 0.25) is 0 Å². The Morgan fingerprint density at radius 1 is 1.30 bits per heavy atom. The molecule has 4 nitrogen and oxygen atoms in total. The first-order valence-corrected chi connectivity index (χ1v) is 6.56. The summed E-state index contributed by atoms with van der Waals surface area (Å²) in [4.78, 5) is 20.1. The van der Waals surface area contributed by atoms with E-state index in [4.69, 9.17) is 11.6 Å². The first-order chi connectivity index (χ1) is 9.51. The topological polar surface area (TPSA) is 52.1 Å². The molecule has 0 fully saturated rings. The molecular weight excluding hydrogens is 276 g/mol. The van der Waals surface area contributed by atoms with Gasteiger partial charge in [0, 0.05) is 16.8 Å². The molecule has 5 heteroatoms. The summed E-state index contributed by atoms with van der Waals surface area (Å²) in [7, 11) is 1.34. The number of aryl methyl sites for hydroxylation is 2. The minimum atomic E-state index is -0.359. The van der Waals surface area contributed by atoms with Gasteiger partial charge in [-0.3, -0.25) is 4.79 Å². The third-order valence-corrected chi connectivity index (χ3v) is 3.30. The summed E-state index contributed by atoms with van der Waals surface area (Å²) in [5.41, 5.74) is 3.32. The maximum absolute atomic E-state index is 11.3. The number of nitrogens with zero attached hydrogens (tertiary/aromatic N) is 2. The van der Waals surface area contributed by atoms with Crippen LogP contribution in [0.25, 0.3) is 11.4 Å². The van der Waals surface area contributed by atoms with Crippen molar-refractivity contribution in [1.29, 1.82) is 0 Å². The fourth-order valence-electron chi connectivity index (χ4n) is 1.89. The summed E-state index contributed by atoms with van der Waals surface area (Å²) in [5, 5.41) is 0.291. The average molecular weight is 291 g/mol. The van der Waals surface area contributed by atoms with Crippen LogP contribution in [0.1, 0.15) is 16.8 Å². The van der Waals surface area contributed by atoms with Crippen LogP contribution in [-0.2, 0) is 16.0 Å². The van der Waals surface area contributed by atoms with Crippen LogP contribution < -0.4 is 0 Å². The summed E-state index contributed by atoms with van der Waals surface area (Å²) < 4.78 is 4.64. The molecule has 0 aliphatic heterocycles. The summed E-state index contributed by atoms with van der Waals surface area (Å²) in [5.74, 6) is 0.201. The molecule has 20 heavy (non-hydrogen) atoms. The highest BCUT2D eigenvalue weighted by atomic mass is 35.5. The molecule has 0 unspecified atom stereocenters. The van der Waals surface area contributed by atoms with Gasteiger partial charge in [0.05, 0.1) is 13.5 Å². The largest absolute Gasteiger partial charge is 0.469 e. The Balaban J connectivity index is 2.42. The van der Waals surface area contributed by atoms with E-state index < -0.39 is 0 Å². The van der Waals surface area contributed by atoms with Crippen molar-refractivity contribution in [3.05, 3.63) is 46.2 Å². The molecule has 1 aromatic heterocycles. The molecule has 0 saturated heterocycles. The molecule has 1 aromatic carbocycles. The van der Waals surface area contributed by atoms with E-state index in [1.807, 2.05) is 38.1 Å². The van der Waals surface area contributed by atoms with Gasteiger partial charge in [-0.15, -0.1) is 0 Å². The molecular formula is C15H15ClN2O2. The molecule has 1 heterocycles. The number of benzene rings is 1. The fourth-order valence-corrected chi connectivity index (χ4v) is 2.18. The smallest absolute Gasteiger partial charge is 0.310 e. The lowest BCUT2D eigenvalue weighted by molar-refractivity contribution is -0.139. The van der Waals surface area contributed by atoms with Gasteiger partial charge in [0.15, 0.2) is 5.82 Å². The lowest BCUT2D eigenvalue weighted by atomic mass is 10.1. The number of hydrogen-bond donors (Lipinski definition) is 0. The van der Waals surface area contributed by atoms with Crippen LogP contribution in [-0.4, -0.2) is 23.0 Å². The Labute approximate surface area is 122 Å². The number of carbonyl (C=O) groups is 1. The van der Waals surface area contributed by atoms with Gasteiger partial charge in [-0.1, -0.05) is 35.4 Å². The highest BCUT2D eigenvalue weighted by Gasteiger charge is 2.15. The Bertz CT molecular complexity index is 633. The first-order valence-electron chi connectivity index (χ1n) is 6.18. The van der Waals surface area contributed by atoms with Crippen molar-refractivity contribution in [3.63, 3.8) is 0 Å². The van der Waals surface area contributed by atoms with Gasteiger partial charge in [-0.2, -0.15) is 0 Å². The van der Waals surface area contributed by atoms with Crippen LogP contribution in [0.5, 0.6) is 0 Å². The zero-order chi connectivity index (χ0) is 14.7. The molecule has 0 bridgehead atoms. The molecule has 0 atom stereocenters. The van der Waals surface area contributed by atoms with Crippen molar-refractivity contribution < 1.29 is 9.53 Å². The number of halogens is 1. The predicted octanol–water partition coefficient (Wildman–Crippen LogP) is 3.13. The highest BCUT2D eigenvalue weighted by Crippen LogP contribution is 2.23. The van der Waals surface area contributed by atoms with Gasteiger partial charge in [-0.25, -0.2) is 9.97 Å². The van der Waals surface area contributed by atoms with Gasteiger partial charge < -0.3 is 4.74 Å². The standard InChI is InChI=1S/C15H15ClN2O2/c1-9-5-4-6-11(7-9)15-17-10(2)12(14(16)18-15)8-13(19)20-3/h4-7H,8H2,1-3H3. The number of aromatic nitrogens is 2. The summed E-state index contributed by atoms with van der Waals surface area (Å²) >= 11 is 6.17. The lowest BCUT2D eigenvalue weighted by Gasteiger charge is -2.09. The Hall–Kier alpha value is -1.94. The molecule has 0 amide bonds. The van der Waals surface area contributed by atoms with Crippen LogP contribution in [0.3, 0.4) is 0 Å². The summed E-state index contributed by atoms with van der Waals surface area (Å²) in [6.07, 6.45) is 0.0786. The van der Waals surface area contributed by atoms with Gasteiger partial charge in [-0.05, 0) is 19.9 Å². The number of rotatable bonds is 3. The molecule has 104 valence electrons. The molecule has 0 aliphatic carbocycles. The number of ether oxygens (including phenoxy) is 1. The third-order valence-electron chi connectivity index (χ3n) is 2.99. The molecule has 2 rings (SSSR count).